The fraction of sp³-hybridized carbons (Fsp3) is 0.333. The van der Waals surface area contributed by atoms with Gasteiger partial charge in [-0.25, -0.2) is 8.78 Å². The number of benzene rings is 1. The lowest BCUT2D eigenvalue weighted by molar-refractivity contribution is 0.0944. The van der Waals surface area contributed by atoms with Crippen LogP contribution in [0.3, 0.4) is 0 Å². The Bertz CT molecular complexity index is 492. The Balaban J connectivity index is 2.84. The predicted octanol–water partition coefficient (Wildman–Crippen LogP) is 1.61. The maximum atomic E-state index is 13.0. The van der Waals surface area contributed by atoms with Gasteiger partial charge in [0.15, 0.2) is 17.5 Å². The molecular weight excluding hydrogens is 256 g/mol. The van der Waals surface area contributed by atoms with Gasteiger partial charge in [0.25, 0.3) is 5.91 Å². The van der Waals surface area contributed by atoms with Gasteiger partial charge in [-0.3, -0.25) is 4.79 Å². The van der Waals surface area contributed by atoms with Crippen LogP contribution in [0.2, 0.25) is 0 Å². The Hall–Kier alpha value is -2.18. The zero-order valence-electron chi connectivity index (χ0n) is 10.4. The van der Waals surface area contributed by atoms with Gasteiger partial charge in [0, 0.05) is 5.56 Å². The first kappa shape index (κ1) is 14.9. The zero-order valence-corrected chi connectivity index (χ0v) is 10.4. The van der Waals surface area contributed by atoms with Gasteiger partial charge in [0.2, 0.25) is 0 Å². The molecule has 1 aromatic carbocycles. The van der Waals surface area contributed by atoms with Crippen LogP contribution in [0, 0.1) is 11.6 Å². The lowest BCUT2D eigenvalue weighted by Gasteiger charge is -2.16. The number of carbonyl (C=O) groups is 1. The van der Waals surface area contributed by atoms with Crippen LogP contribution in [-0.4, -0.2) is 23.0 Å². The largest absolute Gasteiger partial charge is 0.409 e. The molecule has 0 spiro atoms. The molecule has 1 amide bonds. The smallest absolute Gasteiger partial charge is 0.251 e. The predicted molar refractivity (Wildman–Crippen MR) is 65.9 cm³/mol. The number of hydrogen-bond acceptors (Lipinski definition) is 3. The van der Waals surface area contributed by atoms with Gasteiger partial charge >= 0.3 is 0 Å². The maximum Gasteiger partial charge on any atom is 0.251 e. The maximum absolute atomic E-state index is 13.0. The van der Waals surface area contributed by atoms with Crippen molar-refractivity contribution in [2.45, 2.75) is 25.8 Å². The number of nitrogens with zero attached hydrogens (tertiary/aromatic N) is 1. The highest BCUT2D eigenvalue weighted by molar-refractivity contribution is 5.98. The number of amides is 1. The minimum absolute atomic E-state index is 0.0363. The highest BCUT2D eigenvalue weighted by Gasteiger charge is 2.18. The molecule has 0 aliphatic rings. The van der Waals surface area contributed by atoms with E-state index in [1.165, 1.54) is 0 Å². The molecule has 0 fully saturated rings. The lowest BCUT2D eigenvalue weighted by Crippen LogP contribution is -2.44. The van der Waals surface area contributed by atoms with Crippen molar-refractivity contribution >= 4 is 11.7 Å². The van der Waals surface area contributed by atoms with Crippen molar-refractivity contribution < 1.29 is 18.8 Å². The summed E-state index contributed by atoms with van der Waals surface area (Å²) in [5.74, 6) is -2.90. The third-order valence-corrected chi connectivity index (χ3v) is 2.54. The Morgan fingerprint density at radius 2 is 2.16 bits per heavy atom. The number of oxime groups is 1. The van der Waals surface area contributed by atoms with Crippen molar-refractivity contribution in [3.63, 3.8) is 0 Å². The van der Waals surface area contributed by atoms with E-state index in [9.17, 15) is 13.6 Å². The van der Waals surface area contributed by atoms with Gasteiger partial charge in [-0.2, -0.15) is 0 Å². The fourth-order valence-electron chi connectivity index (χ4n) is 1.53. The van der Waals surface area contributed by atoms with Crippen molar-refractivity contribution in [2.24, 2.45) is 10.9 Å². The molecule has 0 radical (unpaired) electrons. The zero-order chi connectivity index (χ0) is 14.4. The van der Waals surface area contributed by atoms with Crippen LogP contribution in [0.5, 0.6) is 0 Å². The van der Waals surface area contributed by atoms with E-state index in [1.807, 2.05) is 6.92 Å². The van der Waals surface area contributed by atoms with Crippen molar-refractivity contribution in [3.8, 4) is 0 Å². The summed E-state index contributed by atoms with van der Waals surface area (Å²) in [4.78, 5) is 11.8. The van der Waals surface area contributed by atoms with Gasteiger partial charge in [-0.1, -0.05) is 18.5 Å². The second-order valence-electron chi connectivity index (χ2n) is 3.97. The van der Waals surface area contributed by atoms with Gasteiger partial charge in [-0.05, 0) is 24.6 Å². The summed E-state index contributed by atoms with van der Waals surface area (Å²) in [5, 5.41) is 13.9. The molecule has 0 bridgehead atoms. The van der Waals surface area contributed by atoms with Gasteiger partial charge in [0.1, 0.15) is 0 Å². The summed E-state index contributed by atoms with van der Waals surface area (Å²) in [5.41, 5.74) is 5.40. The molecule has 1 atom stereocenters. The molecule has 7 heteroatoms. The van der Waals surface area contributed by atoms with Crippen LogP contribution < -0.4 is 11.1 Å². The molecule has 1 rings (SSSR count). The van der Waals surface area contributed by atoms with E-state index >= 15 is 0 Å². The SMILES string of the molecule is CCCC(NC(=O)c1ccc(F)c(F)c1)/C(N)=N/O. The fourth-order valence-corrected chi connectivity index (χ4v) is 1.53. The number of amidine groups is 1. The van der Waals surface area contributed by atoms with Gasteiger partial charge in [-0.15, -0.1) is 0 Å². The third-order valence-electron chi connectivity index (χ3n) is 2.54. The summed E-state index contributed by atoms with van der Waals surface area (Å²) in [6.45, 7) is 1.86. The number of nitrogens with one attached hydrogen (secondary N) is 1. The highest BCUT2D eigenvalue weighted by Crippen LogP contribution is 2.09. The molecule has 104 valence electrons. The minimum atomic E-state index is -1.11. The van der Waals surface area contributed by atoms with E-state index in [4.69, 9.17) is 10.9 Å². The van der Waals surface area contributed by atoms with Crippen molar-refractivity contribution in [2.75, 3.05) is 0 Å². The van der Waals surface area contributed by atoms with Crippen LogP contribution in [-0.2, 0) is 0 Å². The topological polar surface area (TPSA) is 87.7 Å². The molecule has 1 unspecified atom stereocenters. The second-order valence-corrected chi connectivity index (χ2v) is 3.97. The van der Waals surface area contributed by atoms with Gasteiger partial charge < -0.3 is 16.3 Å². The van der Waals surface area contributed by atoms with Crippen LogP contribution in [0.15, 0.2) is 23.4 Å². The van der Waals surface area contributed by atoms with E-state index in [0.29, 0.717) is 12.8 Å². The first-order valence-corrected chi connectivity index (χ1v) is 5.73. The first-order chi connectivity index (χ1) is 8.99. The first-order valence-electron chi connectivity index (χ1n) is 5.73. The molecule has 19 heavy (non-hydrogen) atoms. The quantitative estimate of drug-likeness (QED) is 0.329. The lowest BCUT2D eigenvalue weighted by atomic mass is 10.1. The summed E-state index contributed by atoms with van der Waals surface area (Å²) in [6.07, 6.45) is 1.16. The number of rotatable bonds is 5. The summed E-state index contributed by atoms with van der Waals surface area (Å²) in [7, 11) is 0. The summed E-state index contributed by atoms with van der Waals surface area (Å²) >= 11 is 0. The molecule has 0 heterocycles. The molecule has 0 saturated heterocycles. The van der Waals surface area contributed by atoms with Crippen LogP contribution in [0.25, 0.3) is 0 Å². The minimum Gasteiger partial charge on any atom is -0.409 e. The summed E-state index contributed by atoms with van der Waals surface area (Å²) < 4.78 is 25.8. The Morgan fingerprint density at radius 1 is 1.47 bits per heavy atom. The average Bonchev–Trinajstić information content (AvgIpc) is 2.40. The Kier molecular flexibility index (Phi) is 5.23. The molecule has 0 aromatic heterocycles. The van der Waals surface area contributed by atoms with E-state index in [-0.39, 0.29) is 11.4 Å². The molecule has 0 aliphatic heterocycles. The molecule has 0 saturated carbocycles. The van der Waals surface area contributed by atoms with E-state index < -0.39 is 23.6 Å². The standard InChI is InChI=1S/C12H15F2N3O2/c1-2-3-10(11(15)17-19)16-12(18)7-4-5-8(13)9(14)6-7/h4-6,10,19H,2-3H2,1H3,(H2,15,17)(H,16,18). The monoisotopic (exact) mass is 271 g/mol. The Labute approximate surface area is 109 Å². The molecular formula is C12H15F2N3O2. The third kappa shape index (κ3) is 3.90. The second kappa shape index (κ2) is 6.67. The molecule has 4 N–H and O–H groups in total. The van der Waals surface area contributed by atoms with Crippen molar-refractivity contribution in [1.82, 2.24) is 5.32 Å². The Morgan fingerprint density at radius 3 is 2.68 bits per heavy atom. The number of carbonyl (C=O) groups excluding carboxylic acids is 1. The van der Waals surface area contributed by atoms with Crippen LogP contribution in [0.4, 0.5) is 8.78 Å². The number of halogens is 2. The summed E-state index contributed by atoms with van der Waals surface area (Å²) in [6, 6.07) is 2.15. The molecule has 5 nitrogen and oxygen atoms in total. The molecule has 0 aliphatic carbocycles. The number of hydrogen-bond donors (Lipinski definition) is 3. The van der Waals surface area contributed by atoms with Crippen LogP contribution in [0.1, 0.15) is 30.1 Å². The van der Waals surface area contributed by atoms with Crippen molar-refractivity contribution in [1.29, 1.82) is 0 Å². The van der Waals surface area contributed by atoms with Crippen LogP contribution >= 0.6 is 0 Å². The van der Waals surface area contributed by atoms with Crippen molar-refractivity contribution in [3.05, 3.63) is 35.4 Å². The van der Waals surface area contributed by atoms with E-state index in [2.05, 4.69) is 10.5 Å². The van der Waals surface area contributed by atoms with E-state index in [0.717, 1.165) is 18.2 Å². The van der Waals surface area contributed by atoms with Gasteiger partial charge in [0.05, 0.1) is 6.04 Å². The van der Waals surface area contributed by atoms with E-state index in [1.54, 1.807) is 0 Å². The highest BCUT2D eigenvalue weighted by atomic mass is 19.2. The average molecular weight is 271 g/mol. The molecule has 1 aromatic rings. The normalized spacial score (nSPS) is 13.1. The number of nitrogens with two attached hydrogens (primary N) is 1.